The number of ether oxygens (including phenoxy) is 3. The predicted octanol–water partition coefficient (Wildman–Crippen LogP) is 6.18. The van der Waals surface area contributed by atoms with Crippen molar-refractivity contribution >= 4 is 39.7 Å². The number of fused-ring (bicyclic) bond motifs is 1. The summed E-state index contributed by atoms with van der Waals surface area (Å²) in [6.07, 6.45) is 2.51. The monoisotopic (exact) mass is 590 g/mol. The summed E-state index contributed by atoms with van der Waals surface area (Å²) in [5, 5.41) is 11.8. The van der Waals surface area contributed by atoms with E-state index in [1.165, 1.54) is 11.8 Å². The molecule has 1 saturated heterocycles. The highest BCUT2D eigenvalue weighted by Crippen LogP contribution is 2.46. The predicted molar refractivity (Wildman–Crippen MR) is 160 cm³/mol. The molecule has 3 aromatic rings. The van der Waals surface area contributed by atoms with Crippen molar-refractivity contribution in [3.8, 4) is 17.2 Å². The number of hydrogen-bond acceptors (Lipinski definition) is 9. The maximum atomic E-state index is 13.7. The van der Waals surface area contributed by atoms with Crippen molar-refractivity contribution in [1.82, 2.24) is 4.98 Å². The minimum atomic E-state index is -1.03. The van der Waals surface area contributed by atoms with E-state index in [0.29, 0.717) is 52.8 Å². The van der Waals surface area contributed by atoms with E-state index in [1.807, 2.05) is 13.8 Å². The first-order chi connectivity index (χ1) is 20.1. The molecule has 42 heavy (non-hydrogen) atoms. The largest absolute Gasteiger partial charge is 0.507 e. The first-order valence-electron chi connectivity index (χ1n) is 14.1. The van der Waals surface area contributed by atoms with Gasteiger partial charge in [0.1, 0.15) is 17.6 Å². The molecule has 9 nitrogen and oxygen atoms in total. The third-order valence-corrected chi connectivity index (χ3v) is 8.52. The van der Waals surface area contributed by atoms with Crippen LogP contribution in [0.15, 0.2) is 42.0 Å². The first kappa shape index (κ1) is 29.3. The van der Waals surface area contributed by atoms with Crippen LogP contribution < -0.4 is 19.1 Å². The number of carbonyl (C=O) groups is 3. The number of aryl methyl sites for hydroxylation is 1. The Morgan fingerprint density at radius 2 is 1.93 bits per heavy atom. The highest BCUT2D eigenvalue weighted by atomic mass is 32.1. The van der Waals surface area contributed by atoms with Gasteiger partial charge in [0.25, 0.3) is 5.78 Å². The van der Waals surface area contributed by atoms with Gasteiger partial charge in [0.05, 0.1) is 35.4 Å². The van der Waals surface area contributed by atoms with E-state index in [1.54, 1.807) is 43.3 Å². The van der Waals surface area contributed by atoms with Gasteiger partial charge in [-0.05, 0) is 68.7 Å². The van der Waals surface area contributed by atoms with Gasteiger partial charge in [-0.2, -0.15) is 0 Å². The van der Waals surface area contributed by atoms with Crippen LogP contribution in [-0.4, -0.2) is 46.9 Å². The van der Waals surface area contributed by atoms with E-state index in [9.17, 15) is 19.5 Å². The number of aromatic nitrogens is 1. The Bertz CT molecular complexity index is 1590. The molecule has 0 radical (unpaired) electrons. The molecule has 0 saturated carbocycles. The van der Waals surface area contributed by atoms with Gasteiger partial charge in [-0.3, -0.25) is 19.3 Å². The summed E-state index contributed by atoms with van der Waals surface area (Å²) < 4.78 is 17.6. The molecule has 2 aliphatic rings. The minimum Gasteiger partial charge on any atom is -0.507 e. The average molecular weight is 591 g/mol. The molecule has 0 spiro atoms. The fourth-order valence-electron chi connectivity index (χ4n) is 5.29. The molecule has 0 bridgehead atoms. The first-order valence-corrected chi connectivity index (χ1v) is 14.9. The smallest absolute Gasteiger partial charge is 0.301 e. The lowest BCUT2D eigenvalue weighted by atomic mass is 9.94. The lowest BCUT2D eigenvalue weighted by Gasteiger charge is -2.24. The van der Waals surface area contributed by atoms with E-state index >= 15 is 0 Å². The summed E-state index contributed by atoms with van der Waals surface area (Å²) in [7, 11) is 0. The molecule has 2 aliphatic heterocycles. The topological polar surface area (TPSA) is 115 Å². The van der Waals surface area contributed by atoms with Crippen molar-refractivity contribution < 1.29 is 33.7 Å². The van der Waals surface area contributed by atoms with Crippen LogP contribution in [0.3, 0.4) is 0 Å². The van der Waals surface area contributed by atoms with Gasteiger partial charge in [0.2, 0.25) is 0 Å². The Morgan fingerprint density at radius 1 is 1.14 bits per heavy atom. The van der Waals surface area contributed by atoms with Gasteiger partial charge in [0.15, 0.2) is 22.4 Å². The second kappa shape index (κ2) is 12.0. The fourth-order valence-corrected chi connectivity index (χ4v) is 6.28. The zero-order valence-electron chi connectivity index (χ0n) is 24.4. The molecule has 2 atom stereocenters. The van der Waals surface area contributed by atoms with Crippen LogP contribution in [0, 0.1) is 6.92 Å². The van der Waals surface area contributed by atoms with Crippen LogP contribution in [0.5, 0.6) is 17.2 Å². The highest BCUT2D eigenvalue weighted by Gasteiger charge is 2.48. The maximum absolute atomic E-state index is 13.7. The van der Waals surface area contributed by atoms with Gasteiger partial charge in [-0.25, -0.2) is 4.98 Å². The van der Waals surface area contributed by atoms with Gasteiger partial charge in [-0.15, -0.1) is 0 Å². The Balaban J connectivity index is 1.68. The number of Topliss-reactive ketones (excluding diaryl/α,β-unsaturated/α-hetero) is 2. The number of aliphatic hydroxyl groups is 1. The molecule has 3 heterocycles. The van der Waals surface area contributed by atoms with Crippen molar-refractivity contribution in [1.29, 1.82) is 0 Å². The Hall–Kier alpha value is -4.18. The number of anilines is 1. The average Bonchev–Trinajstić information content (AvgIpc) is 3.61. The molecule has 0 aliphatic carbocycles. The van der Waals surface area contributed by atoms with Crippen molar-refractivity contribution in [3.63, 3.8) is 0 Å². The number of thiazole rings is 1. The third-order valence-electron chi connectivity index (χ3n) is 7.26. The fraction of sp³-hybridized carbons (Fsp3) is 0.375. The summed E-state index contributed by atoms with van der Waals surface area (Å²) >= 11 is 1.04. The van der Waals surface area contributed by atoms with E-state index in [0.717, 1.165) is 35.5 Å². The van der Waals surface area contributed by atoms with Gasteiger partial charge >= 0.3 is 5.91 Å². The summed E-state index contributed by atoms with van der Waals surface area (Å²) in [6.45, 7) is 9.89. The minimum absolute atomic E-state index is 0.00152. The second-order valence-electron chi connectivity index (χ2n) is 10.4. The Morgan fingerprint density at radius 3 is 2.62 bits per heavy atom. The van der Waals surface area contributed by atoms with Crippen LogP contribution in [0.4, 0.5) is 5.13 Å². The maximum Gasteiger partial charge on any atom is 0.301 e. The molecule has 1 N–H and O–H groups in total. The normalized spacial score (nSPS) is 19.1. The lowest BCUT2D eigenvalue weighted by Crippen LogP contribution is -2.29. The molecule has 5 rings (SSSR count). The molecular weight excluding hydrogens is 556 g/mol. The van der Waals surface area contributed by atoms with E-state index in [2.05, 4.69) is 11.9 Å². The van der Waals surface area contributed by atoms with Gasteiger partial charge < -0.3 is 19.3 Å². The molecule has 220 valence electrons. The lowest BCUT2D eigenvalue weighted by molar-refractivity contribution is -0.132. The van der Waals surface area contributed by atoms with Crippen LogP contribution in [-0.2, 0) is 16.0 Å². The number of unbranched alkanes of at least 4 members (excludes halogenated alkanes) is 1. The quantitative estimate of drug-likeness (QED) is 0.0979. The van der Waals surface area contributed by atoms with Gasteiger partial charge in [0, 0.05) is 18.9 Å². The number of ketones is 2. The van der Waals surface area contributed by atoms with E-state index < -0.39 is 17.7 Å². The molecule has 0 unspecified atom stereocenters. The number of benzene rings is 2. The standard InChI is InChI=1S/C32H34N2O7S/c1-6-8-13-40-24-12-9-20(16-25(24)39-7-2)27-26(28(36)21-10-11-23-22(15-21)14-17(3)41-23)29(37)31(38)34(27)32-33-18(4)30(42-32)19(5)35/h9-12,15-17,27,36H,6-8,13-14H2,1-5H3/t17-,27+/m0/s1. The molecular formula is C32H34N2O7S. The molecule has 10 heteroatoms. The number of amides is 1. The number of aliphatic hydroxyl groups excluding tert-OH is 1. The number of rotatable bonds is 10. The van der Waals surface area contributed by atoms with Crippen molar-refractivity contribution in [2.45, 2.75) is 66.0 Å². The second-order valence-corrected chi connectivity index (χ2v) is 11.4. The summed E-state index contributed by atoms with van der Waals surface area (Å²) in [5.74, 6) is -0.449. The summed E-state index contributed by atoms with van der Waals surface area (Å²) in [6, 6.07) is 9.43. The van der Waals surface area contributed by atoms with Crippen LogP contribution in [0.2, 0.25) is 0 Å². The number of carbonyl (C=O) groups excluding carboxylic acids is 3. The molecule has 1 fully saturated rings. The van der Waals surface area contributed by atoms with E-state index in [-0.39, 0.29) is 28.4 Å². The molecule has 1 amide bonds. The zero-order chi connectivity index (χ0) is 30.1. The molecule has 1 aromatic heterocycles. The van der Waals surface area contributed by atoms with Gasteiger partial charge in [-0.1, -0.05) is 30.7 Å². The van der Waals surface area contributed by atoms with Crippen LogP contribution >= 0.6 is 11.3 Å². The number of hydrogen-bond donors (Lipinski definition) is 1. The Labute approximate surface area is 248 Å². The SMILES string of the molecule is CCCCOc1ccc([C@@H]2C(=C(O)c3ccc4c(c3)C[C@H](C)O4)C(=O)C(=O)N2c2nc(C)c(C(C)=O)s2)cc1OCC. The van der Waals surface area contributed by atoms with Crippen molar-refractivity contribution in [2.24, 2.45) is 0 Å². The number of nitrogens with zero attached hydrogens (tertiary/aromatic N) is 2. The molecule has 2 aromatic carbocycles. The zero-order valence-corrected chi connectivity index (χ0v) is 25.2. The third kappa shape index (κ3) is 5.38. The Kier molecular flexibility index (Phi) is 8.36. The highest BCUT2D eigenvalue weighted by molar-refractivity contribution is 7.18. The van der Waals surface area contributed by atoms with E-state index in [4.69, 9.17) is 14.2 Å². The van der Waals surface area contributed by atoms with Crippen LogP contribution in [0.25, 0.3) is 5.76 Å². The van der Waals surface area contributed by atoms with Crippen molar-refractivity contribution in [2.75, 3.05) is 18.1 Å². The summed E-state index contributed by atoms with van der Waals surface area (Å²) in [5.41, 5.74) is 2.22. The summed E-state index contributed by atoms with van der Waals surface area (Å²) in [4.78, 5) is 45.7. The van der Waals surface area contributed by atoms with Crippen molar-refractivity contribution in [3.05, 3.63) is 69.2 Å². The van der Waals surface area contributed by atoms with Crippen LogP contribution in [0.1, 0.15) is 78.6 Å².